The third kappa shape index (κ3) is 3.06. The summed E-state index contributed by atoms with van der Waals surface area (Å²) in [5, 5.41) is 9.51. The number of aliphatic hydroxyl groups is 1. The van der Waals surface area contributed by atoms with E-state index in [1.807, 2.05) is 0 Å². The van der Waals surface area contributed by atoms with E-state index in [4.69, 9.17) is 15.9 Å². The first-order chi connectivity index (χ1) is 9.06. The Kier molecular flexibility index (Phi) is 4.08. The van der Waals surface area contributed by atoms with Gasteiger partial charge in [0.1, 0.15) is 6.61 Å². The lowest BCUT2D eigenvalue weighted by Crippen LogP contribution is -2.36. The molecule has 1 aromatic rings. The van der Waals surface area contributed by atoms with E-state index >= 15 is 0 Å². The van der Waals surface area contributed by atoms with E-state index < -0.39 is 17.5 Å². The van der Waals surface area contributed by atoms with Crippen LogP contribution in [0.4, 0.5) is 4.39 Å². The van der Waals surface area contributed by atoms with Crippen LogP contribution in [0.3, 0.4) is 0 Å². The smallest absolute Gasteiger partial charge is 0.165 e. The number of halogens is 1. The lowest BCUT2D eigenvalue weighted by Gasteiger charge is -2.25. The van der Waals surface area contributed by atoms with Crippen molar-refractivity contribution in [2.75, 3.05) is 6.61 Å². The number of benzene rings is 1. The molecule has 1 aliphatic rings. The Bertz CT molecular complexity index is 481. The van der Waals surface area contributed by atoms with Crippen LogP contribution in [-0.2, 0) is 4.74 Å². The molecule has 1 aromatic carbocycles. The molecule has 1 fully saturated rings. The third-order valence-electron chi connectivity index (χ3n) is 3.31. The summed E-state index contributed by atoms with van der Waals surface area (Å²) in [6, 6.07) is 6.15. The van der Waals surface area contributed by atoms with Gasteiger partial charge in [0.2, 0.25) is 0 Å². The molecule has 1 saturated heterocycles. The molecule has 0 radical (unpaired) electrons. The molecular formula is C15H17FO3. The number of aliphatic hydroxyl groups excluding tert-OH is 1. The Labute approximate surface area is 112 Å². The number of ether oxygens (including phenoxy) is 2. The van der Waals surface area contributed by atoms with E-state index in [0.717, 1.165) is 0 Å². The van der Waals surface area contributed by atoms with Gasteiger partial charge in [0.15, 0.2) is 17.2 Å². The summed E-state index contributed by atoms with van der Waals surface area (Å²) in [6.45, 7) is 1.74. The van der Waals surface area contributed by atoms with Gasteiger partial charge in [-0.15, -0.1) is 6.42 Å². The average molecular weight is 264 g/mol. The number of para-hydroxylation sites is 1. The van der Waals surface area contributed by atoms with Crippen LogP contribution >= 0.6 is 0 Å². The summed E-state index contributed by atoms with van der Waals surface area (Å²) < 4.78 is 24.5. The van der Waals surface area contributed by atoms with Crippen molar-refractivity contribution >= 4 is 0 Å². The predicted octanol–water partition coefficient (Wildman–Crippen LogP) is 2.14. The maximum absolute atomic E-state index is 13.4. The molecular weight excluding hydrogens is 247 g/mol. The van der Waals surface area contributed by atoms with Crippen LogP contribution < -0.4 is 4.74 Å². The normalized spacial score (nSPS) is 27.8. The first-order valence-electron chi connectivity index (χ1n) is 6.27. The van der Waals surface area contributed by atoms with Crippen molar-refractivity contribution in [2.45, 2.75) is 37.6 Å². The molecule has 102 valence electrons. The van der Waals surface area contributed by atoms with E-state index in [1.54, 1.807) is 25.1 Å². The van der Waals surface area contributed by atoms with Crippen molar-refractivity contribution in [2.24, 2.45) is 0 Å². The lowest BCUT2D eigenvalue weighted by atomic mass is 10.0. The van der Waals surface area contributed by atoms with Crippen LogP contribution in [0.2, 0.25) is 0 Å². The minimum Gasteiger partial charge on any atom is -0.486 e. The van der Waals surface area contributed by atoms with E-state index in [0.29, 0.717) is 12.8 Å². The summed E-state index contributed by atoms with van der Waals surface area (Å²) in [6.07, 6.45) is 5.89. The molecule has 3 nitrogen and oxygen atoms in total. The fraction of sp³-hybridized carbons (Fsp3) is 0.467. The highest BCUT2D eigenvalue weighted by atomic mass is 19.1. The van der Waals surface area contributed by atoms with Crippen LogP contribution in [0, 0.1) is 18.2 Å². The number of hydrogen-bond acceptors (Lipinski definition) is 3. The summed E-state index contributed by atoms with van der Waals surface area (Å²) >= 11 is 0. The van der Waals surface area contributed by atoms with Crippen LogP contribution in [0.1, 0.15) is 19.8 Å². The molecule has 0 spiro atoms. The van der Waals surface area contributed by atoms with Gasteiger partial charge in [-0.2, -0.15) is 0 Å². The van der Waals surface area contributed by atoms with Crippen molar-refractivity contribution in [3.05, 3.63) is 30.1 Å². The monoisotopic (exact) mass is 264 g/mol. The molecule has 0 saturated carbocycles. The number of hydrogen-bond donors (Lipinski definition) is 1. The van der Waals surface area contributed by atoms with Crippen LogP contribution in [0.5, 0.6) is 5.75 Å². The molecule has 19 heavy (non-hydrogen) atoms. The van der Waals surface area contributed by atoms with Gasteiger partial charge in [0.05, 0.1) is 12.2 Å². The molecule has 0 bridgehead atoms. The summed E-state index contributed by atoms with van der Waals surface area (Å²) in [7, 11) is 0. The van der Waals surface area contributed by atoms with Crippen molar-refractivity contribution in [1.82, 2.24) is 0 Å². The standard InChI is InChI=1S/C15H17FO3/c1-3-15(9-8-13(19-15)11(2)17)10-18-14-7-5-4-6-12(14)16/h1,4-7,11,13,17H,8-10H2,2H3/t11-,13-,15+/m0/s1. The molecule has 1 N–H and O–H groups in total. The van der Waals surface area contributed by atoms with Gasteiger partial charge in [-0.25, -0.2) is 4.39 Å². The Hall–Kier alpha value is -1.57. The topological polar surface area (TPSA) is 38.7 Å². The van der Waals surface area contributed by atoms with Gasteiger partial charge in [-0.1, -0.05) is 18.1 Å². The van der Waals surface area contributed by atoms with Gasteiger partial charge in [-0.05, 0) is 31.9 Å². The Morgan fingerprint density at radius 3 is 2.95 bits per heavy atom. The summed E-state index contributed by atoms with van der Waals surface area (Å²) in [5.41, 5.74) is -0.885. The fourth-order valence-corrected chi connectivity index (χ4v) is 2.13. The van der Waals surface area contributed by atoms with Gasteiger partial charge >= 0.3 is 0 Å². The van der Waals surface area contributed by atoms with Crippen molar-refractivity contribution in [1.29, 1.82) is 0 Å². The fourth-order valence-electron chi connectivity index (χ4n) is 2.13. The number of terminal acetylenes is 1. The van der Waals surface area contributed by atoms with Crippen molar-refractivity contribution in [3.63, 3.8) is 0 Å². The van der Waals surface area contributed by atoms with Gasteiger partial charge in [0, 0.05) is 0 Å². The molecule has 0 aliphatic carbocycles. The van der Waals surface area contributed by atoms with Gasteiger partial charge in [0.25, 0.3) is 0 Å². The first-order valence-corrected chi connectivity index (χ1v) is 6.27. The molecule has 0 unspecified atom stereocenters. The van der Waals surface area contributed by atoms with E-state index in [9.17, 15) is 9.50 Å². The minimum absolute atomic E-state index is 0.0770. The minimum atomic E-state index is -0.885. The quantitative estimate of drug-likeness (QED) is 0.847. The summed E-state index contributed by atoms with van der Waals surface area (Å²) in [5.74, 6) is 2.29. The maximum atomic E-state index is 13.4. The van der Waals surface area contributed by atoms with Crippen molar-refractivity contribution < 1.29 is 19.0 Å². The van der Waals surface area contributed by atoms with Gasteiger partial charge in [-0.3, -0.25) is 0 Å². The largest absolute Gasteiger partial charge is 0.486 e. The van der Waals surface area contributed by atoms with E-state index in [1.165, 1.54) is 6.07 Å². The second-order valence-electron chi connectivity index (χ2n) is 4.79. The molecule has 1 heterocycles. The van der Waals surface area contributed by atoms with Gasteiger partial charge < -0.3 is 14.6 Å². The molecule has 0 amide bonds. The molecule has 4 heteroatoms. The van der Waals surface area contributed by atoms with E-state index in [2.05, 4.69) is 5.92 Å². The third-order valence-corrected chi connectivity index (χ3v) is 3.31. The maximum Gasteiger partial charge on any atom is 0.165 e. The molecule has 0 aromatic heterocycles. The summed E-state index contributed by atoms with van der Waals surface area (Å²) in [4.78, 5) is 0. The Balaban J connectivity index is 2.02. The first kappa shape index (κ1) is 13.9. The van der Waals surface area contributed by atoms with Crippen LogP contribution in [0.15, 0.2) is 24.3 Å². The van der Waals surface area contributed by atoms with Crippen LogP contribution in [-0.4, -0.2) is 29.5 Å². The zero-order chi connectivity index (χ0) is 13.9. The molecule has 3 atom stereocenters. The molecule has 1 aliphatic heterocycles. The molecule has 2 rings (SSSR count). The highest BCUT2D eigenvalue weighted by Crippen LogP contribution is 2.32. The SMILES string of the molecule is C#C[C@]1(COc2ccccc2F)CC[C@@H]([C@H](C)O)O1. The Morgan fingerprint density at radius 2 is 2.37 bits per heavy atom. The highest BCUT2D eigenvalue weighted by Gasteiger charge is 2.41. The van der Waals surface area contributed by atoms with Crippen molar-refractivity contribution in [3.8, 4) is 18.1 Å². The average Bonchev–Trinajstić information content (AvgIpc) is 2.83. The van der Waals surface area contributed by atoms with E-state index in [-0.39, 0.29) is 18.5 Å². The predicted molar refractivity (Wildman–Crippen MR) is 69.2 cm³/mol. The zero-order valence-electron chi connectivity index (χ0n) is 10.8. The zero-order valence-corrected chi connectivity index (χ0v) is 10.8. The number of rotatable bonds is 4. The highest BCUT2D eigenvalue weighted by molar-refractivity contribution is 5.24. The second-order valence-corrected chi connectivity index (χ2v) is 4.79. The van der Waals surface area contributed by atoms with Crippen LogP contribution in [0.25, 0.3) is 0 Å². The second kappa shape index (κ2) is 5.60. The Morgan fingerprint density at radius 1 is 1.63 bits per heavy atom. The lowest BCUT2D eigenvalue weighted by molar-refractivity contribution is -0.0711.